The molecule has 1 aliphatic rings. The molecule has 3 rings (SSSR count). The number of halogens is 1. The summed E-state index contributed by atoms with van der Waals surface area (Å²) in [4.78, 5) is 2.48. The molecule has 2 aromatic carbocycles. The maximum absolute atomic E-state index is 6.04. The lowest BCUT2D eigenvalue weighted by atomic mass is 10.1. The summed E-state index contributed by atoms with van der Waals surface area (Å²) in [5.41, 5.74) is 2.65. The molecule has 1 unspecified atom stereocenters. The van der Waals surface area contributed by atoms with Crippen molar-refractivity contribution >= 4 is 15.9 Å². The first-order chi connectivity index (χ1) is 10.3. The zero-order valence-electron chi connectivity index (χ0n) is 12.0. The van der Waals surface area contributed by atoms with Crippen molar-refractivity contribution in [1.29, 1.82) is 0 Å². The fourth-order valence-corrected chi connectivity index (χ4v) is 3.02. The van der Waals surface area contributed by atoms with Crippen LogP contribution >= 0.6 is 15.9 Å². The highest BCUT2D eigenvalue weighted by atomic mass is 79.9. The van der Waals surface area contributed by atoms with E-state index in [0.29, 0.717) is 0 Å². The summed E-state index contributed by atoms with van der Waals surface area (Å²) in [7, 11) is 0. The third-order valence-corrected chi connectivity index (χ3v) is 4.45. The fourth-order valence-electron chi connectivity index (χ4n) is 2.76. The Morgan fingerprint density at radius 3 is 2.52 bits per heavy atom. The number of benzene rings is 2. The maximum Gasteiger partial charge on any atom is 0.0837 e. The van der Waals surface area contributed by atoms with Crippen molar-refractivity contribution in [3.63, 3.8) is 0 Å². The molecule has 110 valence electrons. The third-order valence-electron chi connectivity index (χ3n) is 3.92. The molecule has 21 heavy (non-hydrogen) atoms. The lowest BCUT2D eigenvalue weighted by Crippen LogP contribution is -2.25. The van der Waals surface area contributed by atoms with Gasteiger partial charge >= 0.3 is 0 Å². The van der Waals surface area contributed by atoms with E-state index in [1.807, 2.05) is 0 Å². The van der Waals surface area contributed by atoms with E-state index in [2.05, 4.69) is 75.4 Å². The lowest BCUT2D eigenvalue weighted by molar-refractivity contribution is 0.0615. The van der Waals surface area contributed by atoms with Crippen LogP contribution in [-0.4, -0.2) is 24.6 Å². The Morgan fingerprint density at radius 1 is 1.00 bits per heavy atom. The molecule has 1 saturated heterocycles. The highest BCUT2D eigenvalue weighted by Gasteiger charge is 2.18. The van der Waals surface area contributed by atoms with Crippen molar-refractivity contribution in [3.05, 3.63) is 70.2 Å². The summed E-state index contributed by atoms with van der Waals surface area (Å²) in [5.74, 6) is 0. The van der Waals surface area contributed by atoms with E-state index in [1.54, 1.807) is 0 Å². The number of hydrogen-bond donors (Lipinski definition) is 0. The van der Waals surface area contributed by atoms with Crippen molar-refractivity contribution in [2.75, 3.05) is 19.7 Å². The standard InChI is InChI=1S/C18H20BrNO/c19-17-8-6-16(7-9-17)18-10-11-20(12-13-21-18)14-15-4-2-1-3-5-15/h1-9,18H,10-14H2. The van der Waals surface area contributed by atoms with Crippen LogP contribution in [0.3, 0.4) is 0 Å². The van der Waals surface area contributed by atoms with E-state index >= 15 is 0 Å². The number of nitrogens with zero attached hydrogens (tertiary/aromatic N) is 1. The first kappa shape index (κ1) is 14.8. The van der Waals surface area contributed by atoms with Crippen molar-refractivity contribution < 1.29 is 4.74 Å². The normalized spacial score (nSPS) is 20.1. The van der Waals surface area contributed by atoms with E-state index in [9.17, 15) is 0 Å². The Bertz CT molecular complexity index is 555. The fraction of sp³-hybridized carbons (Fsp3) is 0.333. The molecule has 0 radical (unpaired) electrons. The summed E-state index contributed by atoms with van der Waals surface area (Å²) in [6, 6.07) is 19.1. The van der Waals surface area contributed by atoms with E-state index < -0.39 is 0 Å². The molecular formula is C18H20BrNO. The van der Waals surface area contributed by atoms with Crippen LogP contribution in [0.2, 0.25) is 0 Å². The lowest BCUT2D eigenvalue weighted by Gasteiger charge is -2.19. The van der Waals surface area contributed by atoms with Gasteiger partial charge in [-0.3, -0.25) is 4.90 Å². The van der Waals surface area contributed by atoms with Crippen LogP contribution in [0, 0.1) is 0 Å². The Labute approximate surface area is 134 Å². The summed E-state index contributed by atoms with van der Waals surface area (Å²) in [5, 5.41) is 0. The van der Waals surface area contributed by atoms with Crippen LogP contribution in [0.15, 0.2) is 59.1 Å². The molecule has 2 nitrogen and oxygen atoms in total. The van der Waals surface area contributed by atoms with Gasteiger partial charge in [-0.1, -0.05) is 58.4 Å². The van der Waals surface area contributed by atoms with Gasteiger partial charge in [-0.2, -0.15) is 0 Å². The molecule has 0 saturated carbocycles. The molecule has 0 aromatic heterocycles. The van der Waals surface area contributed by atoms with Crippen LogP contribution in [-0.2, 0) is 11.3 Å². The molecule has 0 amide bonds. The van der Waals surface area contributed by atoms with Crippen molar-refractivity contribution in [3.8, 4) is 0 Å². The molecule has 1 heterocycles. The van der Waals surface area contributed by atoms with Crippen molar-refractivity contribution in [2.45, 2.75) is 19.1 Å². The zero-order chi connectivity index (χ0) is 14.5. The zero-order valence-corrected chi connectivity index (χ0v) is 13.6. The molecule has 0 aliphatic carbocycles. The van der Waals surface area contributed by atoms with Gasteiger partial charge in [-0.05, 0) is 29.7 Å². The number of rotatable bonds is 3. The molecule has 1 fully saturated rings. The predicted molar refractivity (Wildman–Crippen MR) is 89.2 cm³/mol. The quantitative estimate of drug-likeness (QED) is 0.816. The Balaban J connectivity index is 1.60. The molecule has 1 atom stereocenters. The second kappa shape index (κ2) is 7.21. The minimum atomic E-state index is 0.221. The molecule has 1 aliphatic heterocycles. The van der Waals surface area contributed by atoms with Gasteiger partial charge in [0.05, 0.1) is 12.7 Å². The molecule has 0 N–H and O–H groups in total. The second-order valence-electron chi connectivity index (χ2n) is 5.46. The van der Waals surface area contributed by atoms with Gasteiger partial charge in [0.1, 0.15) is 0 Å². The predicted octanol–water partition coefficient (Wildman–Crippen LogP) is 4.41. The maximum atomic E-state index is 6.04. The monoisotopic (exact) mass is 345 g/mol. The highest BCUT2D eigenvalue weighted by Crippen LogP contribution is 2.25. The molecular weight excluding hydrogens is 326 g/mol. The van der Waals surface area contributed by atoms with Crippen molar-refractivity contribution in [1.82, 2.24) is 4.90 Å². The largest absolute Gasteiger partial charge is 0.372 e. The first-order valence-corrected chi connectivity index (χ1v) is 8.24. The van der Waals surface area contributed by atoms with E-state index in [4.69, 9.17) is 4.74 Å². The van der Waals surface area contributed by atoms with E-state index in [-0.39, 0.29) is 6.10 Å². The third kappa shape index (κ3) is 4.16. The van der Waals surface area contributed by atoms with Crippen LogP contribution in [0.25, 0.3) is 0 Å². The summed E-state index contributed by atoms with van der Waals surface area (Å²) < 4.78 is 7.16. The summed E-state index contributed by atoms with van der Waals surface area (Å²) in [6.07, 6.45) is 1.27. The van der Waals surface area contributed by atoms with Crippen LogP contribution < -0.4 is 0 Å². The average Bonchev–Trinajstić information content (AvgIpc) is 2.75. The van der Waals surface area contributed by atoms with E-state index in [0.717, 1.165) is 37.1 Å². The van der Waals surface area contributed by atoms with Gasteiger partial charge in [0.15, 0.2) is 0 Å². The Hall–Kier alpha value is -1.16. The smallest absolute Gasteiger partial charge is 0.0837 e. The minimum Gasteiger partial charge on any atom is -0.372 e. The van der Waals surface area contributed by atoms with Gasteiger partial charge < -0.3 is 4.74 Å². The van der Waals surface area contributed by atoms with Gasteiger partial charge in [-0.15, -0.1) is 0 Å². The second-order valence-corrected chi connectivity index (χ2v) is 6.38. The van der Waals surface area contributed by atoms with Crippen molar-refractivity contribution in [2.24, 2.45) is 0 Å². The first-order valence-electron chi connectivity index (χ1n) is 7.44. The van der Waals surface area contributed by atoms with Crippen LogP contribution in [0.4, 0.5) is 0 Å². The summed E-state index contributed by atoms with van der Waals surface area (Å²) in [6.45, 7) is 3.89. The van der Waals surface area contributed by atoms with Gasteiger partial charge in [0.2, 0.25) is 0 Å². The summed E-state index contributed by atoms with van der Waals surface area (Å²) >= 11 is 3.48. The Kier molecular flexibility index (Phi) is 5.07. The molecule has 0 spiro atoms. The van der Waals surface area contributed by atoms with Gasteiger partial charge in [-0.25, -0.2) is 0 Å². The van der Waals surface area contributed by atoms with Crippen LogP contribution in [0.5, 0.6) is 0 Å². The molecule has 2 aromatic rings. The number of hydrogen-bond acceptors (Lipinski definition) is 2. The van der Waals surface area contributed by atoms with E-state index in [1.165, 1.54) is 11.1 Å². The van der Waals surface area contributed by atoms with Gasteiger partial charge in [0.25, 0.3) is 0 Å². The van der Waals surface area contributed by atoms with Gasteiger partial charge in [0, 0.05) is 24.1 Å². The molecule has 3 heteroatoms. The average molecular weight is 346 g/mol. The molecule has 0 bridgehead atoms. The van der Waals surface area contributed by atoms with Crippen LogP contribution in [0.1, 0.15) is 23.7 Å². The topological polar surface area (TPSA) is 12.5 Å². The Morgan fingerprint density at radius 2 is 1.76 bits per heavy atom. The highest BCUT2D eigenvalue weighted by molar-refractivity contribution is 9.10. The number of ether oxygens (including phenoxy) is 1. The SMILES string of the molecule is Brc1ccc(C2CCN(Cc3ccccc3)CCO2)cc1. The minimum absolute atomic E-state index is 0.221.